The zero-order valence-corrected chi connectivity index (χ0v) is 17.8. The SMILES string of the molecule is C#CCOc1c(C=C2SC(=Nc3ccccc3Cl)NC2=O)cc(Br)cc1OC. The van der Waals surface area contributed by atoms with Gasteiger partial charge in [0.05, 0.1) is 22.7 Å². The lowest BCUT2D eigenvalue weighted by Gasteiger charge is -2.12. The molecule has 1 saturated heterocycles. The normalized spacial score (nSPS) is 16.1. The van der Waals surface area contributed by atoms with E-state index in [1.54, 1.807) is 24.3 Å². The maximum Gasteiger partial charge on any atom is 0.264 e. The first kappa shape index (κ1) is 20.3. The molecule has 1 heterocycles. The minimum atomic E-state index is -0.266. The summed E-state index contributed by atoms with van der Waals surface area (Å²) in [6, 6.07) is 10.7. The average Bonchev–Trinajstić information content (AvgIpc) is 3.01. The molecule has 0 aromatic heterocycles. The molecular formula is C20H14BrClN2O3S. The van der Waals surface area contributed by atoms with Crippen LogP contribution in [0.25, 0.3) is 6.08 Å². The van der Waals surface area contributed by atoms with Gasteiger partial charge in [0.1, 0.15) is 6.61 Å². The number of hydrogen-bond acceptors (Lipinski definition) is 5. The van der Waals surface area contributed by atoms with Crippen molar-refractivity contribution in [3.63, 3.8) is 0 Å². The summed E-state index contributed by atoms with van der Waals surface area (Å²) in [6.07, 6.45) is 7.00. The number of methoxy groups -OCH3 is 1. The van der Waals surface area contributed by atoms with Crippen LogP contribution in [0.5, 0.6) is 11.5 Å². The van der Waals surface area contributed by atoms with Crippen molar-refractivity contribution in [1.82, 2.24) is 5.32 Å². The van der Waals surface area contributed by atoms with Crippen molar-refractivity contribution in [3.8, 4) is 23.8 Å². The summed E-state index contributed by atoms with van der Waals surface area (Å²) in [5, 5.41) is 3.68. The molecule has 28 heavy (non-hydrogen) atoms. The molecule has 3 rings (SSSR count). The summed E-state index contributed by atoms with van der Waals surface area (Å²) in [5.41, 5.74) is 1.23. The number of ether oxygens (including phenoxy) is 2. The largest absolute Gasteiger partial charge is 0.493 e. The standard InChI is InChI=1S/C20H14BrClN2O3S/c1-3-8-27-18-12(9-13(21)11-16(18)26-2)10-17-19(25)24-20(28-17)23-15-7-5-4-6-14(15)22/h1,4-7,9-11H,8H2,2H3,(H,23,24,25). The molecule has 1 aliphatic rings. The van der Waals surface area contributed by atoms with Crippen molar-refractivity contribution < 1.29 is 14.3 Å². The van der Waals surface area contributed by atoms with Gasteiger partial charge in [0.25, 0.3) is 5.91 Å². The number of aliphatic imine (C=N–C) groups is 1. The number of carbonyl (C=O) groups excluding carboxylic acids is 1. The van der Waals surface area contributed by atoms with Gasteiger partial charge in [-0.15, -0.1) is 6.42 Å². The van der Waals surface area contributed by atoms with Gasteiger partial charge in [0.15, 0.2) is 16.7 Å². The predicted octanol–water partition coefficient (Wildman–Crippen LogP) is 5.01. The molecule has 1 fully saturated rings. The lowest BCUT2D eigenvalue weighted by Crippen LogP contribution is -2.19. The van der Waals surface area contributed by atoms with Crippen LogP contribution >= 0.6 is 39.3 Å². The molecule has 0 atom stereocenters. The lowest BCUT2D eigenvalue weighted by atomic mass is 10.1. The molecule has 8 heteroatoms. The Labute approximate surface area is 180 Å². The number of hydrogen-bond donors (Lipinski definition) is 1. The Bertz CT molecular complexity index is 1030. The third-order valence-electron chi connectivity index (χ3n) is 3.58. The second-order valence-electron chi connectivity index (χ2n) is 5.45. The van der Waals surface area contributed by atoms with E-state index in [4.69, 9.17) is 27.5 Å². The number of halogens is 2. The van der Waals surface area contributed by atoms with E-state index in [2.05, 4.69) is 32.2 Å². The maximum absolute atomic E-state index is 12.4. The first-order valence-corrected chi connectivity index (χ1v) is 9.98. The van der Waals surface area contributed by atoms with E-state index in [-0.39, 0.29) is 12.5 Å². The highest BCUT2D eigenvalue weighted by molar-refractivity contribution is 9.10. The molecule has 0 bridgehead atoms. The van der Waals surface area contributed by atoms with Gasteiger partial charge in [0.2, 0.25) is 0 Å². The summed E-state index contributed by atoms with van der Waals surface area (Å²) >= 11 is 10.8. The van der Waals surface area contributed by atoms with Crippen LogP contribution in [0.15, 0.2) is 50.8 Å². The van der Waals surface area contributed by atoms with Crippen LogP contribution in [0.3, 0.4) is 0 Å². The minimum Gasteiger partial charge on any atom is -0.493 e. The first-order valence-electron chi connectivity index (χ1n) is 7.99. The summed E-state index contributed by atoms with van der Waals surface area (Å²) in [4.78, 5) is 17.3. The maximum atomic E-state index is 12.4. The third-order valence-corrected chi connectivity index (χ3v) is 5.27. The molecule has 142 valence electrons. The fourth-order valence-corrected chi connectivity index (χ4v) is 3.85. The molecule has 1 amide bonds. The number of amidine groups is 1. The molecule has 5 nitrogen and oxygen atoms in total. The molecule has 1 N–H and O–H groups in total. The van der Waals surface area contributed by atoms with Crippen LogP contribution < -0.4 is 14.8 Å². The molecule has 0 unspecified atom stereocenters. The van der Waals surface area contributed by atoms with Gasteiger partial charge in [-0.1, -0.05) is 45.6 Å². The van der Waals surface area contributed by atoms with Crippen LogP contribution in [-0.4, -0.2) is 24.8 Å². The number of benzene rings is 2. The highest BCUT2D eigenvalue weighted by Gasteiger charge is 2.25. The molecule has 2 aromatic carbocycles. The zero-order chi connectivity index (χ0) is 20.1. The highest BCUT2D eigenvalue weighted by Crippen LogP contribution is 2.38. The van der Waals surface area contributed by atoms with Crippen LogP contribution in [0.2, 0.25) is 5.02 Å². The molecule has 0 radical (unpaired) electrons. The first-order chi connectivity index (χ1) is 13.5. The second-order valence-corrected chi connectivity index (χ2v) is 7.81. The van der Waals surface area contributed by atoms with Gasteiger partial charge in [-0.3, -0.25) is 4.79 Å². The Morgan fingerprint density at radius 2 is 2.18 bits per heavy atom. The third kappa shape index (κ3) is 4.71. The van der Waals surface area contributed by atoms with E-state index in [0.29, 0.717) is 37.8 Å². The van der Waals surface area contributed by atoms with Gasteiger partial charge in [0, 0.05) is 10.0 Å². The van der Waals surface area contributed by atoms with Crippen LogP contribution in [0.4, 0.5) is 5.69 Å². The summed E-state index contributed by atoms with van der Waals surface area (Å²) in [6.45, 7) is 0.0761. The number of thioether (sulfide) groups is 1. The van der Waals surface area contributed by atoms with E-state index in [0.717, 1.165) is 4.47 Å². The monoisotopic (exact) mass is 476 g/mol. The molecule has 0 aliphatic carbocycles. The molecule has 0 spiro atoms. The average molecular weight is 478 g/mol. The van der Waals surface area contributed by atoms with Crippen molar-refractivity contribution in [1.29, 1.82) is 0 Å². The van der Waals surface area contributed by atoms with Gasteiger partial charge >= 0.3 is 0 Å². The van der Waals surface area contributed by atoms with E-state index >= 15 is 0 Å². The fourth-order valence-electron chi connectivity index (χ4n) is 2.39. The Kier molecular flexibility index (Phi) is 6.68. The fraction of sp³-hybridized carbons (Fsp3) is 0.100. The van der Waals surface area contributed by atoms with Crippen LogP contribution in [-0.2, 0) is 4.79 Å². The van der Waals surface area contributed by atoms with Crippen molar-refractivity contribution >= 4 is 62.1 Å². The second kappa shape index (κ2) is 9.20. The quantitative estimate of drug-likeness (QED) is 0.485. The van der Waals surface area contributed by atoms with Crippen molar-refractivity contribution in [2.45, 2.75) is 0 Å². The molecule has 0 saturated carbocycles. The Morgan fingerprint density at radius 3 is 2.89 bits per heavy atom. The van der Waals surface area contributed by atoms with Crippen molar-refractivity contribution in [3.05, 3.63) is 56.4 Å². The minimum absolute atomic E-state index is 0.0761. The van der Waals surface area contributed by atoms with Crippen LogP contribution in [0, 0.1) is 12.3 Å². The lowest BCUT2D eigenvalue weighted by molar-refractivity contribution is -0.115. The number of terminal acetylenes is 1. The Morgan fingerprint density at radius 1 is 1.39 bits per heavy atom. The van der Waals surface area contributed by atoms with Gasteiger partial charge < -0.3 is 14.8 Å². The number of carbonyl (C=O) groups is 1. The van der Waals surface area contributed by atoms with E-state index in [9.17, 15) is 4.79 Å². The van der Waals surface area contributed by atoms with Gasteiger partial charge in [-0.05, 0) is 42.1 Å². The Balaban J connectivity index is 1.96. The number of nitrogens with zero attached hydrogens (tertiary/aromatic N) is 1. The molecule has 1 aliphatic heterocycles. The predicted molar refractivity (Wildman–Crippen MR) is 117 cm³/mol. The van der Waals surface area contributed by atoms with Crippen LogP contribution in [0.1, 0.15) is 5.56 Å². The Hall–Kier alpha value is -2.40. The smallest absolute Gasteiger partial charge is 0.264 e. The number of amides is 1. The van der Waals surface area contributed by atoms with Crippen molar-refractivity contribution in [2.24, 2.45) is 4.99 Å². The highest BCUT2D eigenvalue weighted by atomic mass is 79.9. The van der Waals surface area contributed by atoms with Crippen molar-refractivity contribution in [2.75, 3.05) is 13.7 Å². The van der Waals surface area contributed by atoms with Gasteiger partial charge in [-0.2, -0.15) is 0 Å². The summed E-state index contributed by atoms with van der Waals surface area (Å²) in [5.74, 6) is 3.12. The van der Waals surface area contributed by atoms with E-state index < -0.39 is 0 Å². The molecular weight excluding hydrogens is 464 g/mol. The number of para-hydroxylation sites is 1. The van der Waals surface area contributed by atoms with Gasteiger partial charge in [-0.25, -0.2) is 4.99 Å². The summed E-state index contributed by atoms with van der Waals surface area (Å²) in [7, 11) is 1.53. The van der Waals surface area contributed by atoms with E-state index in [1.165, 1.54) is 18.9 Å². The molecule has 2 aromatic rings. The summed E-state index contributed by atoms with van der Waals surface area (Å²) < 4.78 is 11.8. The zero-order valence-electron chi connectivity index (χ0n) is 14.7. The number of nitrogens with one attached hydrogen (secondary N) is 1. The van der Waals surface area contributed by atoms with E-state index in [1.807, 2.05) is 18.2 Å². The number of rotatable bonds is 5. The topological polar surface area (TPSA) is 59.9 Å².